The van der Waals surface area contributed by atoms with E-state index in [0.29, 0.717) is 18.2 Å². The molecule has 0 aliphatic heterocycles. The fourth-order valence-corrected chi connectivity index (χ4v) is 2.93. The number of rotatable bonds is 4. The van der Waals surface area contributed by atoms with Gasteiger partial charge in [0.05, 0.1) is 11.3 Å². The van der Waals surface area contributed by atoms with Crippen molar-refractivity contribution in [2.45, 2.75) is 32.6 Å². The quantitative estimate of drug-likeness (QED) is 0.795. The smallest absolute Gasteiger partial charge is 0.337 e. The van der Waals surface area contributed by atoms with Crippen LogP contribution in [0.3, 0.4) is 0 Å². The first-order valence-corrected chi connectivity index (χ1v) is 7.43. The first kappa shape index (κ1) is 15.4. The minimum Gasteiger partial charge on any atom is -0.478 e. The summed E-state index contributed by atoms with van der Waals surface area (Å²) >= 11 is 0. The molecule has 2 rings (SSSR count). The number of nitrogens with one attached hydrogen (secondary N) is 2. The largest absolute Gasteiger partial charge is 0.478 e. The molecule has 1 aromatic rings. The Labute approximate surface area is 124 Å². The summed E-state index contributed by atoms with van der Waals surface area (Å²) in [6, 6.07) is 6.05. The van der Waals surface area contributed by atoms with Crippen LogP contribution in [0.4, 0.5) is 10.5 Å². The van der Waals surface area contributed by atoms with E-state index in [9.17, 15) is 9.59 Å². The summed E-state index contributed by atoms with van der Waals surface area (Å²) in [5.41, 5.74) is 0.415. The van der Waals surface area contributed by atoms with Crippen molar-refractivity contribution in [3.05, 3.63) is 29.8 Å². The summed E-state index contributed by atoms with van der Waals surface area (Å²) in [6.45, 7) is 2.89. The molecule has 1 aliphatic carbocycles. The highest BCUT2D eigenvalue weighted by Gasteiger charge is 2.19. The van der Waals surface area contributed by atoms with Crippen LogP contribution in [0.25, 0.3) is 0 Å². The lowest BCUT2D eigenvalue weighted by Crippen LogP contribution is -2.34. The monoisotopic (exact) mass is 290 g/mol. The molecule has 5 nitrogen and oxygen atoms in total. The van der Waals surface area contributed by atoms with E-state index in [0.717, 1.165) is 18.8 Å². The third-order valence-corrected chi connectivity index (χ3v) is 4.00. The summed E-state index contributed by atoms with van der Waals surface area (Å²) in [4.78, 5) is 23.0. The molecule has 5 heteroatoms. The van der Waals surface area contributed by atoms with Crippen LogP contribution in [-0.4, -0.2) is 23.7 Å². The highest BCUT2D eigenvalue weighted by molar-refractivity contribution is 5.99. The van der Waals surface area contributed by atoms with Crippen LogP contribution in [-0.2, 0) is 0 Å². The zero-order valence-corrected chi connectivity index (χ0v) is 12.3. The van der Waals surface area contributed by atoms with Crippen LogP contribution in [0.2, 0.25) is 0 Å². The molecule has 2 unspecified atom stereocenters. The normalized spacial score (nSPS) is 21.6. The number of hydrogen-bond acceptors (Lipinski definition) is 2. The van der Waals surface area contributed by atoms with Crippen LogP contribution in [0.15, 0.2) is 24.3 Å². The van der Waals surface area contributed by atoms with Gasteiger partial charge in [0.15, 0.2) is 0 Å². The molecule has 0 bridgehead atoms. The van der Waals surface area contributed by atoms with Crippen molar-refractivity contribution < 1.29 is 14.7 Å². The molecule has 1 aromatic carbocycles. The second-order valence-electron chi connectivity index (χ2n) is 5.82. The second-order valence-corrected chi connectivity index (χ2v) is 5.82. The predicted octanol–water partition coefficient (Wildman–Crippen LogP) is 3.33. The lowest BCUT2D eigenvalue weighted by molar-refractivity contribution is 0.0698. The predicted molar refractivity (Wildman–Crippen MR) is 81.5 cm³/mol. The number of carbonyl (C=O) groups excluding carboxylic acids is 1. The fraction of sp³-hybridized carbons (Fsp3) is 0.500. The molecule has 0 aromatic heterocycles. The first-order valence-electron chi connectivity index (χ1n) is 7.43. The molecule has 2 amide bonds. The van der Waals surface area contributed by atoms with E-state index in [4.69, 9.17) is 5.11 Å². The average molecular weight is 290 g/mol. The van der Waals surface area contributed by atoms with E-state index < -0.39 is 5.97 Å². The number of para-hydroxylation sites is 1. The van der Waals surface area contributed by atoms with Gasteiger partial charge in [0.1, 0.15) is 0 Å². The average Bonchev–Trinajstić information content (AvgIpc) is 2.45. The molecule has 114 valence electrons. The molecule has 1 aliphatic rings. The van der Waals surface area contributed by atoms with Gasteiger partial charge in [-0.05, 0) is 36.8 Å². The Morgan fingerprint density at radius 3 is 2.76 bits per heavy atom. The minimum absolute atomic E-state index is 0.0962. The zero-order valence-electron chi connectivity index (χ0n) is 12.3. The number of urea groups is 1. The van der Waals surface area contributed by atoms with E-state index in [1.165, 1.54) is 18.9 Å². The number of hydrogen-bond donors (Lipinski definition) is 3. The Kier molecular flexibility index (Phi) is 5.20. The molecule has 0 spiro atoms. The Morgan fingerprint density at radius 2 is 2.05 bits per heavy atom. The Hall–Kier alpha value is -2.04. The standard InChI is InChI=1S/C16H22N2O3/c1-11-5-4-6-12(9-11)10-17-16(21)18-14-8-3-2-7-13(14)15(19)20/h2-3,7-8,11-12H,4-6,9-10H2,1H3,(H,19,20)(H2,17,18,21). The van der Waals surface area contributed by atoms with E-state index in [-0.39, 0.29) is 11.6 Å². The van der Waals surface area contributed by atoms with Crippen molar-refractivity contribution >= 4 is 17.7 Å². The Bertz CT molecular complexity index is 516. The van der Waals surface area contributed by atoms with Crippen LogP contribution in [0, 0.1) is 11.8 Å². The molecule has 3 N–H and O–H groups in total. The van der Waals surface area contributed by atoms with Gasteiger partial charge in [0, 0.05) is 6.54 Å². The number of aromatic carboxylic acids is 1. The molecular formula is C16H22N2O3. The van der Waals surface area contributed by atoms with Gasteiger partial charge in [-0.15, -0.1) is 0 Å². The SMILES string of the molecule is CC1CCCC(CNC(=O)Nc2ccccc2C(=O)O)C1. The van der Waals surface area contributed by atoms with Crippen LogP contribution < -0.4 is 10.6 Å². The maximum Gasteiger partial charge on any atom is 0.337 e. The molecular weight excluding hydrogens is 268 g/mol. The number of carboxylic acid groups (broad SMARTS) is 1. The van der Waals surface area contributed by atoms with E-state index in [1.54, 1.807) is 18.2 Å². The first-order chi connectivity index (χ1) is 10.1. The molecule has 0 radical (unpaired) electrons. The van der Waals surface area contributed by atoms with E-state index >= 15 is 0 Å². The van der Waals surface area contributed by atoms with Gasteiger partial charge in [-0.1, -0.05) is 31.9 Å². The van der Waals surface area contributed by atoms with Gasteiger partial charge in [-0.2, -0.15) is 0 Å². The van der Waals surface area contributed by atoms with Crippen LogP contribution in [0.5, 0.6) is 0 Å². The fourth-order valence-electron chi connectivity index (χ4n) is 2.93. The highest BCUT2D eigenvalue weighted by Crippen LogP contribution is 2.27. The van der Waals surface area contributed by atoms with E-state index in [1.807, 2.05) is 0 Å². The number of benzene rings is 1. The molecule has 0 saturated heterocycles. The molecule has 2 atom stereocenters. The van der Waals surface area contributed by atoms with Crippen molar-refractivity contribution in [1.82, 2.24) is 5.32 Å². The number of amides is 2. The van der Waals surface area contributed by atoms with Gasteiger partial charge < -0.3 is 15.7 Å². The van der Waals surface area contributed by atoms with Gasteiger partial charge in [0.2, 0.25) is 0 Å². The van der Waals surface area contributed by atoms with E-state index in [2.05, 4.69) is 17.6 Å². The van der Waals surface area contributed by atoms with Crippen LogP contribution in [0.1, 0.15) is 43.0 Å². The van der Waals surface area contributed by atoms with Gasteiger partial charge in [0.25, 0.3) is 0 Å². The van der Waals surface area contributed by atoms with Crippen molar-refractivity contribution in [3.63, 3.8) is 0 Å². The lowest BCUT2D eigenvalue weighted by Gasteiger charge is -2.26. The number of carboxylic acids is 1. The Morgan fingerprint density at radius 1 is 1.29 bits per heavy atom. The summed E-state index contributed by atoms with van der Waals surface area (Å²) < 4.78 is 0. The summed E-state index contributed by atoms with van der Waals surface area (Å²) in [5, 5.41) is 14.5. The number of anilines is 1. The highest BCUT2D eigenvalue weighted by atomic mass is 16.4. The van der Waals surface area contributed by atoms with Crippen molar-refractivity contribution in [3.8, 4) is 0 Å². The maximum atomic E-state index is 11.9. The zero-order chi connectivity index (χ0) is 15.2. The lowest BCUT2D eigenvalue weighted by atomic mass is 9.82. The summed E-state index contributed by atoms with van der Waals surface area (Å²) in [6.07, 6.45) is 4.79. The van der Waals surface area contributed by atoms with Gasteiger partial charge in [-0.3, -0.25) is 0 Å². The minimum atomic E-state index is -1.05. The number of carbonyl (C=O) groups is 2. The van der Waals surface area contributed by atoms with Gasteiger partial charge in [-0.25, -0.2) is 9.59 Å². The maximum absolute atomic E-state index is 11.9. The second kappa shape index (κ2) is 7.11. The Balaban J connectivity index is 1.86. The molecule has 1 saturated carbocycles. The van der Waals surface area contributed by atoms with Gasteiger partial charge >= 0.3 is 12.0 Å². The van der Waals surface area contributed by atoms with Crippen molar-refractivity contribution in [1.29, 1.82) is 0 Å². The third-order valence-electron chi connectivity index (χ3n) is 4.00. The molecule has 0 heterocycles. The van der Waals surface area contributed by atoms with Crippen LogP contribution >= 0.6 is 0 Å². The topological polar surface area (TPSA) is 78.4 Å². The van der Waals surface area contributed by atoms with Crippen molar-refractivity contribution in [2.24, 2.45) is 11.8 Å². The molecule has 1 fully saturated rings. The summed E-state index contributed by atoms with van der Waals surface area (Å²) in [5.74, 6) is 0.197. The van der Waals surface area contributed by atoms with Crippen molar-refractivity contribution in [2.75, 3.05) is 11.9 Å². The molecule has 21 heavy (non-hydrogen) atoms. The third kappa shape index (κ3) is 4.48. The summed E-state index contributed by atoms with van der Waals surface area (Å²) in [7, 11) is 0.